The number of aliphatic imine (C=N–C) groups is 1. The highest BCUT2D eigenvalue weighted by Crippen LogP contribution is 2.16. The molecule has 0 amide bonds. The van der Waals surface area contributed by atoms with E-state index in [-0.39, 0.29) is 29.7 Å². The van der Waals surface area contributed by atoms with Crippen LogP contribution >= 0.6 is 24.0 Å². The summed E-state index contributed by atoms with van der Waals surface area (Å²) in [4.78, 5) is 7.15. The summed E-state index contributed by atoms with van der Waals surface area (Å²) in [5.74, 6) is 0.939. The van der Waals surface area contributed by atoms with Gasteiger partial charge in [-0.15, -0.1) is 24.0 Å². The summed E-state index contributed by atoms with van der Waals surface area (Å²) >= 11 is 0. The number of nitrogens with zero attached hydrogens (tertiary/aromatic N) is 2. The molecular weight excluding hydrogens is 441 g/mol. The van der Waals surface area contributed by atoms with Crippen LogP contribution in [0.3, 0.4) is 0 Å². The minimum absolute atomic E-state index is 0. The molecule has 144 valence electrons. The van der Waals surface area contributed by atoms with Gasteiger partial charge in [0.2, 0.25) is 10.0 Å². The van der Waals surface area contributed by atoms with Crippen molar-refractivity contribution in [2.45, 2.75) is 46.1 Å². The Balaban J connectivity index is 0.00000529. The van der Waals surface area contributed by atoms with E-state index >= 15 is 0 Å². The molecule has 0 spiro atoms. The molecule has 1 saturated heterocycles. The van der Waals surface area contributed by atoms with Gasteiger partial charge in [0.1, 0.15) is 0 Å². The molecule has 1 fully saturated rings. The SMILES string of the molecule is CCNC(=NCC1CCCN1CC)NCCCNS(=O)(=O)CC.I. The van der Waals surface area contributed by atoms with Gasteiger partial charge >= 0.3 is 0 Å². The van der Waals surface area contributed by atoms with E-state index in [2.05, 4.69) is 32.2 Å². The van der Waals surface area contributed by atoms with Crippen LogP contribution < -0.4 is 15.4 Å². The van der Waals surface area contributed by atoms with Crippen molar-refractivity contribution in [1.82, 2.24) is 20.3 Å². The fraction of sp³-hybridized carbons (Fsp3) is 0.933. The quantitative estimate of drug-likeness (QED) is 0.190. The molecule has 0 aliphatic carbocycles. The van der Waals surface area contributed by atoms with E-state index in [9.17, 15) is 8.42 Å². The molecule has 24 heavy (non-hydrogen) atoms. The number of sulfonamides is 1. The molecule has 0 aromatic carbocycles. The number of hydrogen-bond acceptors (Lipinski definition) is 4. The zero-order chi connectivity index (χ0) is 17.1. The van der Waals surface area contributed by atoms with Crippen molar-refractivity contribution >= 4 is 40.0 Å². The molecule has 0 aromatic heterocycles. The number of nitrogens with one attached hydrogen (secondary N) is 3. The van der Waals surface area contributed by atoms with Crippen molar-refractivity contribution in [1.29, 1.82) is 0 Å². The highest BCUT2D eigenvalue weighted by molar-refractivity contribution is 14.0. The first-order valence-electron chi connectivity index (χ1n) is 8.76. The number of likely N-dealkylation sites (tertiary alicyclic amines) is 1. The molecule has 1 aliphatic heterocycles. The van der Waals surface area contributed by atoms with Crippen LogP contribution in [0.4, 0.5) is 0 Å². The van der Waals surface area contributed by atoms with Crippen LogP contribution in [0.5, 0.6) is 0 Å². The van der Waals surface area contributed by atoms with E-state index in [4.69, 9.17) is 0 Å². The maximum Gasteiger partial charge on any atom is 0.211 e. The Labute approximate surface area is 164 Å². The monoisotopic (exact) mass is 475 g/mol. The lowest BCUT2D eigenvalue weighted by atomic mass is 10.2. The smallest absolute Gasteiger partial charge is 0.211 e. The summed E-state index contributed by atoms with van der Waals surface area (Å²) in [6, 6.07) is 0.548. The molecule has 1 aliphatic rings. The van der Waals surface area contributed by atoms with E-state index in [1.54, 1.807) is 6.92 Å². The summed E-state index contributed by atoms with van der Waals surface area (Å²) in [6.45, 7) is 10.9. The Hall–Kier alpha value is -0.130. The predicted molar refractivity (Wildman–Crippen MR) is 112 cm³/mol. The Morgan fingerprint density at radius 2 is 1.96 bits per heavy atom. The average Bonchev–Trinajstić information content (AvgIpc) is 2.99. The fourth-order valence-electron chi connectivity index (χ4n) is 2.68. The van der Waals surface area contributed by atoms with Crippen molar-refractivity contribution in [2.24, 2.45) is 4.99 Å². The Bertz CT molecular complexity index is 459. The van der Waals surface area contributed by atoms with Gasteiger partial charge in [0, 0.05) is 25.7 Å². The van der Waals surface area contributed by atoms with Crippen LogP contribution in [0.25, 0.3) is 0 Å². The highest BCUT2D eigenvalue weighted by atomic mass is 127. The number of halogens is 1. The van der Waals surface area contributed by atoms with Crippen molar-refractivity contribution in [3.8, 4) is 0 Å². The zero-order valence-corrected chi connectivity index (χ0v) is 18.3. The maximum atomic E-state index is 11.3. The normalized spacial score (nSPS) is 19.1. The molecule has 1 atom stereocenters. The van der Waals surface area contributed by atoms with Crippen LogP contribution in [-0.2, 0) is 10.0 Å². The van der Waals surface area contributed by atoms with Gasteiger partial charge in [0.25, 0.3) is 0 Å². The van der Waals surface area contributed by atoms with E-state index in [0.29, 0.717) is 19.1 Å². The molecule has 9 heteroatoms. The lowest BCUT2D eigenvalue weighted by Crippen LogP contribution is -2.40. The van der Waals surface area contributed by atoms with E-state index in [0.717, 1.165) is 32.0 Å². The largest absolute Gasteiger partial charge is 0.357 e. The number of hydrogen-bond donors (Lipinski definition) is 3. The zero-order valence-electron chi connectivity index (χ0n) is 15.2. The fourth-order valence-corrected chi connectivity index (χ4v) is 3.34. The standard InChI is InChI=1S/C15H33N5O2S.HI/c1-4-16-15(17-10-8-11-19-23(21,22)6-3)18-13-14-9-7-12-20(14)5-2;/h14,19H,4-13H2,1-3H3,(H2,16,17,18);1H. The molecule has 1 unspecified atom stereocenters. The lowest BCUT2D eigenvalue weighted by Gasteiger charge is -2.21. The summed E-state index contributed by atoms with van der Waals surface area (Å²) in [7, 11) is -3.09. The average molecular weight is 475 g/mol. The molecule has 7 nitrogen and oxygen atoms in total. The summed E-state index contributed by atoms with van der Waals surface area (Å²) in [6.07, 6.45) is 3.21. The third kappa shape index (κ3) is 9.38. The molecule has 3 N–H and O–H groups in total. The maximum absolute atomic E-state index is 11.3. The van der Waals surface area contributed by atoms with E-state index in [1.807, 2.05) is 6.92 Å². The van der Waals surface area contributed by atoms with Gasteiger partial charge in [-0.25, -0.2) is 13.1 Å². The van der Waals surface area contributed by atoms with E-state index < -0.39 is 10.0 Å². The minimum atomic E-state index is -3.09. The second-order valence-corrected chi connectivity index (χ2v) is 7.82. The highest BCUT2D eigenvalue weighted by Gasteiger charge is 2.22. The van der Waals surface area contributed by atoms with Crippen molar-refractivity contribution in [2.75, 3.05) is 45.0 Å². The van der Waals surface area contributed by atoms with Crippen LogP contribution in [0.1, 0.15) is 40.0 Å². The molecular formula is C15H34IN5O2S. The number of likely N-dealkylation sites (N-methyl/N-ethyl adjacent to an activating group) is 1. The molecule has 1 heterocycles. The third-order valence-electron chi connectivity index (χ3n) is 4.06. The Morgan fingerprint density at radius 1 is 1.21 bits per heavy atom. The second-order valence-electron chi connectivity index (χ2n) is 5.72. The van der Waals surface area contributed by atoms with Gasteiger partial charge in [-0.1, -0.05) is 6.92 Å². The molecule has 0 aromatic rings. The van der Waals surface area contributed by atoms with Crippen molar-refractivity contribution in [3.05, 3.63) is 0 Å². The molecule has 0 radical (unpaired) electrons. The summed E-state index contributed by atoms with van der Waals surface area (Å²) < 4.78 is 25.2. The lowest BCUT2D eigenvalue weighted by molar-refractivity contribution is 0.273. The first kappa shape index (κ1) is 23.9. The van der Waals surface area contributed by atoms with Gasteiger partial charge in [0.05, 0.1) is 12.3 Å². The van der Waals surface area contributed by atoms with Crippen LogP contribution in [0.15, 0.2) is 4.99 Å². The van der Waals surface area contributed by atoms with Crippen LogP contribution in [-0.4, -0.2) is 70.3 Å². The van der Waals surface area contributed by atoms with E-state index in [1.165, 1.54) is 19.4 Å². The van der Waals surface area contributed by atoms with Gasteiger partial charge in [-0.2, -0.15) is 0 Å². The molecule has 1 rings (SSSR count). The number of guanidine groups is 1. The van der Waals surface area contributed by atoms with Gasteiger partial charge < -0.3 is 10.6 Å². The topological polar surface area (TPSA) is 85.8 Å². The van der Waals surface area contributed by atoms with Crippen LogP contribution in [0.2, 0.25) is 0 Å². The minimum Gasteiger partial charge on any atom is -0.357 e. The third-order valence-corrected chi connectivity index (χ3v) is 5.46. The van der Waals surface area contributed by atoms with Gasteiger partial charge in [-0.05, 0) is 46.2 Å². The molecule has 0 bridgehead atoms. The summed E-state index contributed by atoms with van der Waals surface area (Å²) in [5.41, 5.74) is 0. The Morgan fingerprint density at radius 3 is 2.58 bits per heavy atom. The molecule has 0 saturated carbocycles. The predicted octanol–water partition coefficient (Wildman–Crippen LogP) is 0.973. The summed E-state index contributed by atoms with van der Waals surface area (Å²) in [5, 5.41) is 6.51. The first-order chi connectivity index (χ1) is 11.0. The van der Waals surface area contributed by atoms with Crippen molar-refractivity contribution < 1.29 is 8.42 Å². The first-order valence-corrected chi connectivity index (χ1v) is 10.4. The van der Waals surface area contributed by atoms with Gasteiger partial charge in [0.15, 0.2) is 5.96 Å². The van der Waals surface area contributed by atoms with Crippen molar-refractivity contribution in [3.63, 3.8) is 0 Å². The van der Waals surface area contributed by atoms with Gasteiger partial charge in [-0.3, -0.25) is 9.89 Å². The number of rotatable bonds is 10. The van der Waals surface area contributed by atoms with Crippen LogP contribution in [0, 0.1) is 0 Å². The Kier molecular flexibility index (Phi) is 13.1. The second kappa shape index (κ2) is 13.1.